The second-order valence-corrected chi connectivity index (χ2v) is 3.10. The van der Waals surface area contributed by atoms with Crippen molar-refractivity contribution in [1.82, 2.24) is 0 Å². The Balaban J connectivity index is -0.000000126. The van der Waals surface area contributed by atoms with Crippen LogP contribution in [0.25, 0.3) is 0 Å². The van der Waals surface area contributed by atoms with Crippen molar-refractivity contribution in [2.24, 2.45) is 0 Å². The molecule has 12 heavy (non-hydrogen) atoms. The van der Waals surface area contributed by atoms with Gasteiger partial charge in [-0.05, 0) is 0 Å². The predicted octanol–water partition coefficient (Wildman–Crippen LogP) is -1.52. The summed E-state index contributed by atoms with van der Waals surface area (Å²) in [4.78, 5) is 21.6. The number of unbranched alkanes of at least 4 members (excludes halogenated alkanes) is 3. The minimum atomic E-state index is -4.64. The van der Waals surface area contributed by atoms with Gasteiger partial charge in [0.15, 0.2) is 0 Å². The Morgan fingerprint density at radius 2 is 1.58 bits per heavy atom. The van der Waals surface area contributed by atoms with Crippen LogP contribution in [-0.4, -0.2) is 14.7 Å². The molecule has 0 aliphatic rings. The molecule has 0 spiro atoms. The maximum atomic E-state index is 8.88. The van der Waals surface area contributed by atoms with Crippen LogP contribution in [0.4, 0.5) is 0 Å². The number of rotatable bonds is 3. The maximum absolute atomic E-state index is 8.88. The average Bonchev–Trinajstić information content (AvgIpc) is 1.79. The summed E-state index contributed by atoms with van der Waals surface area (Å²) in [6.45, 7) is 5.93. The molecule has 0 aromatic carbocycles. The van der Waals surface area contributed by atoms with Crippen LogP contribution in [0.15, 0.2) is 0 Å². The zero-order chi connectivity index (χ0) is 9.33. The average molecular weight is 206 g/mol. The van der Waals surface area contributed by atoms with Crippen LogP contribution >= 0.6 is 7.82 Å². The van der Waals surface area contributed by atoms with E-state index >= 15 is 0 Å². The molecule has 0 saturated heterocycles. The normalized spacial score (nSPS) is 9.42. The summed E-state index contributed by atoms with van der Waals surface area (Å²) in [7, 11) is -4.64. The summed E-state index contributed by atoms with van der Waals surface area (Å²) in [5.74, 6) is 0. The first-order valence-corrected chi connectivity index (χ1v) is 5.05. The van der Waals surface area contributed by atoms with E-state index in [1.54, 1.807) is 0 Å². The largest absolute Gasteiger partial charge is 1.00 e. The summed E-state index contributed by atoms with van der Waals surface area (Å²) in [6.07, 6.45) is 5.07. The smallest absolute Gasteiger partial charge is 0.343 e. The molecule has 0 aliphatic carbocycles. The molecule has 0 saturated carbocycles. The van der Waals surface area contributed by atoms with Gasteiger partial charge in [-0.25, -0.2) is 4.57 Å². The van der Waals surface area contributed by atoms with Crippen molar-refractivity contribution in [3.63, 3.8) is 0 Å². The van der Waals surface area contributed by atoms with Crippen LogP contribution in [0, 0.1) is 6.92 Å². The first kappa shape index (κ1) is 18.8. The van der Waals surface area contributed by atoms with Gasteiger partial charge in [0, 0.05) is 0 Å². The van der Waals surface area contributed by atoms with E-state index in [1.807, 2.05) is 0 Å². The van der Waals surface area contributed by atoms with Crippen LogP contribution in [0.3, 0.4) is 0 Å². The van der Waals surface area contributed by atoms with Crippen LogP contribution < -0.4 is 29.6 Å². The number of hydrogen-bond donors (Lipinski definition) is 3. The van der Waals surface area contributed by atoms with Gasteiger partial charge in [0.05, 0.1) is 0 Å². The second-order valence-electron chi connectivity index (χ2n) is 2.07. The molecule has 0 radical (unpaired) electrons. The van der Waals surface area contributed by atoms with Crippen LogP contribution in [-0.2, 0) is 4.57 Å². The van der Waals surface area contributed by atoms with Crippen molar-refractivity contribution >= 4 is 7.82 Å². The van der Waals surface area contributed by atoms with Crippen LogP contribution in [0.2, 0.25) is 0 Å². The quantitative estimate of drug-likeness (QED) is 0.227. The van der Waals surface area contributed by atoms with Crippen molar-refractivity contribution < 1.29 is 48.8 Å². The van der Waals surface area contributed by atoms with E-state index in [9.17, 15) is 0 Å². The van der Waals surface area contributed by atoms with Gasteiger partial charge in [-0.2, -0.15) is 6.42 Å². The number of phosphoric acid groups is 1. The second kappa shape index (κ2) is 12.1. The topological polar surface area (TPSA) is 77.8 Å². The Kier molecular flexibility index (Phi) is 19.0. The molecule has 0 aromatic rings. The van der Waals surface area contributed by atoms with E-state index in [0.29, 0.717) is 0 Å². The van der Waals surface area contributed by atoms with Gasteiger partial charge in [-0.15, -0.1) is 0 Å². The molecule has 0 rings (SSSR count). The van der Waals surface area contributed by atoms with E-state index in [-0.39, 0.29) is 29.6 Å². The van der Waals surface area contributed by atoms with Gasteiger partial charge < -0.3 is 21.6 Å². The summed E-state index contributed by atoms with van der Waals surface area (Å²) >= 11 is 0. The van der Waals surface area contributed by atoms with Gasteiger partial charge >= 0.3 is 37.4 Å². The fourth-order valence-electron chi connectivity index (χ4n) is 0.427. The third-order valence-corrected chi connectivity index (χ3v) is 0.854. The van der Waals surface area contributed by atoms with Crippen LogP contribution in [0.5, 0.6) is 0 Å². The van der Waals surface area contributed by atoms with E-state index < -0.39 is 7.82 Å². The first-order chi connectivity index (χ1) is 4.91. The summed E-state index contributed by atoms with van der Waals surface area (Å²) in [6, 6.07) is 0. The van der Waals surface area contributed by atoms with Crippen LogP contribution in [0.1, 0.15) is 32.6 Å². The molecule has 0 amide bonds. The molecular formula is C6H16NaO4P. The minimum absolute atomic E-state index is 0. The molecule has 4 nitrogen and oxygen atoms in total. The van der Waals surface area contributed by atoms with Gasteiger partial charge in [0.25, 0.3) is 0 Å². The van der Waals surface area contributed by atoms with E-state index in [4.69, 9.17) is 19.2 Å². The predicted molar refractivity (Wildman–Crippen MR) is 43.8 cm³/mol. The SMILES string of the molecule is O=P(O)(O)O.[CH2-]CCCCC.[Na+]. The first-order valence-electron chi connectivity index (χ1n) is 3.49. The third kappa shape index (κ3) is 67.2. The zero-order valence-electron chi connectivity index (χ0n) is 7.73. The Morgan fingerprint density at radius 1 is 1.25 bits per heavy atom. The standard InChI is InChI=1S/C6H13.Na.H3O4P/c1-3-5-6-4-2;;1-5(2,3)4/h1,3-6H2,2H3;;(H3,1,2,3,4)/q-1;+1;. The van der Waals surface area contributed by atoms with Gasteiger partial charge in [-0.3, -0.25) is 0 Å². The Bertz CT molecular complexity index is 102. The fourth-order valence-corrected chi connectivity index (χ4v) is 0.427. The van der Waals surface area contributed by atoms with Crippen molar-refractivity contribution in [3.8, 4) is 0 Å². The van der Waals surface area contributed by atoms with E-state index in [1.165, 1.54) is 19.3 Å². The van der Waals surface area contributed by atoms with Gasteiger partial charge in [-0.1, -0.05) is 26.2 Å². The molecule has 0 unspecified atom stereocenters. The maximum Gasteiger partial charge on any atom is 1.00 e. The Morgan fingerprint density at radius 3 is 1.67 bits per heavy atom. The van der Waals surface area contributed by atoms with Gasteiger partial charge in [0.1, 0.15) is 0 Å². The Labute approximate surface area is 95.9 Å². The fraction of sp³-hybridized carbons (Fsp3) is 0.833. The zero-order valence-corrected chi connectivity index (χ0v) is 10.6. The third-order valence-electron chi connectivity index (χ3n) is 0.854. The molecular weight excluding hydrogens is 190 g/mol. The molecule has 0 atom stereocenters. The van der Waals surface area contributed by atoms with Crippen molar-refractivity contribution in [3.05, 3.63) is 6.92 Å². The molecule has 0 heterocycles. The van der Waals surface area contributed by atoms with Crippen molar-refractivity contribution in [2.75, 3.05) is 0 Å². The van der Waals surface area contributed by atoms with E-state index in [2.05, 4.69) is 13.8 Å². The summed E-state index contributed by atoms with van der Waals surface area (Å²) in [5, 5.41) is 0. The molecule has 3 N–H and O–H groups in total. The van der Waals surface area contributed by atoms with Crippen molar-refractivity contribution in [2.45, 2.75) is 32.6 Å². The summed E-state index contributed by atoms with van der Waals surface area (Å²) in [5.41, 5.74) is 0. The molecule has 70 valence electrons. The Hall–Kier alpha value is 1.11. The molecule has 0 aliphatic heterocycles. The van der Waals surface area contributed by atoms with Crippen molar-refractivity contribution in [1.29, 1.82) is 0 Å². The van der Waals surface area contributed by atoms with E-state index in [0.717, 1.165) is 6.42 Å². The minimum Gasteiger partial charge on any atom is -0.343 e. The summed E-state index contributed by atoms with van der Waals surface area (Å²) < 4.78 is 8.88. The molecule has 0 bridgehead atoms. The van der Waals surface area contributed by atoms with Gasteiger partial charge in [0.2, 0.25) is 0 Å². The monoisotopic (exact) mass is 206 g/mol. The molecule has 6 heteroatoms. The number of hydrogen-bond acceptors (Lipinski definition) is 1. The molecule has 0 fully saturated rings. The molecule has 0 aromatic heterocycles.